The summed E-state index contributed by atoms with van der Waals surface area (Å²) in [5.74, 6) is 1.64. The summed E-state index contributed by atoms with van der Waals surface area (Å²) in [7, 11) is 2.08. The maximum atomic E-state index is 3.52. The Morgan fingerprint density at radius 3 is 2.93 bits per heavy atom. The van der Waals surface area contributed by atoms with E-state index < -0.39 is 0 Å². The van der Waals surface area contributed by atoms with Crippen molar-refractivity contribution in [1.82, 2.24) is 5.32 Å². The molecule has 0 amide bonds. The van der Waals surface area contributed by atoms with Crippen LogP contribution in [0.25, 0.3) is 0 Å². The van der Waals surface area contributed by atoms with Crippen molar-refractivity contribution >= 4 is 27.3 Å². The normalized spacial score (nSPS) is 31.5. The van der Waals surface area contributed by atoms with E-state index in [9.17, 15) is 0 Å². The number of hydrogen-bond donors (Lipinski definition) is 1. The standard InChI is InChI=1S/C11H16BrNS/c1-3-8-9(5-10(8)13-2)11-4-7(12)6-14-11/h4,6,8-10,13H,3,5H2,1-2H3. The van der Waals surface area contributed by atoms with Gasteiger partial charge in [-0.1, -0.05) is 13.3 Å². The highest BCUT2D eigenvalue weighted by Gasteiger charge is 2.40. The van der Waals surface area contributed by atoms with E-state index in [4.69, 9.17) is 0 Å². The van der Waals surface area contributed by atoms with Crippen LogP contribution < -0.4 is 5.32 Å². The highest BCUT2D eigenvalue weighted by atomic mass is 79.9. The second kappa shape index (κ2) is 4.33. The van der Waals surface area contributed by atoms with Crippen LogP contribution in [-0.2, 0) is 0 Å². The molecule has 0 radical (unpaired) electrons. The Bertz CT molecular complexity index is 310. The van der Waals surface area contributed by atoms with E-state index >= 15 is 0 Å². The molecule has 1 N–H and O–H groups in total. The second-order valence-electron chi connectivity index (χ2n) is 3.98. The molecule has 1 aliphatic rings. The number of hydrogen-bond acceptors (Lipinski definition) is 2. The van der Waals surface area contributed by atoms with Crippen LogP contribution in [-0.4, -0.2) is 13.1 Å². The minimum Gasteiger partial charge on any atom is -0.317 e. The van der Waals surface area contributed by atoms with Gasteiger partial charge in [0, 0.05) is 20.8 Å². The van der Waals surface area contributed by atoms with Crippen LogP contribution in [0.3, 0.4) is 0 Å². The highest BCUT2D eigenvalue weighted by molar-refractivity contribution is 9.10. The van der Waals surface area contributed by atoms with Crippen molar-refractivity contribution in [1.29, 1.82) is 0 Å². The molecular weight excluding hydrogens is 258 g/mol. The molecule has 78 valence electrons. The lowest BCUT2D eigenvalue weighted by atomic mass is 9.67. The summed E-state index contributed by atoms with van der Waals surface area (Å²) in [6.45, 7) is 2.30. The SMILES string of the molecule is CCC1C(NC)CC1c1cc(Br)cs1. The van der Waals surface area contributed by atoms with Crippen molar-refractivity contribution in [2.45, 2.75) is 31.7 Å². The summed E-state index contributed by atoms with van der Waals surface area (Å²) in [6, 6.07) is 3.02. The summed E-state index contributed by atoms with van der Waals surface area (Å²) in [4.78, 5) is 1.55. The smallest absolute Gasteiger partial charge is 0.0285 e. The number of halogens is 1. The third-order valence-electron chi connectivity index (χ3n) is 3.34. The maximum absolute atomic E-state index is 3.52. The minimum absolute atomic E-state index is 0.742. The Labute approximate surface area is 98.0 Å². The van der Waals surface area contributed by atoms with E-state index in [2.05, 4.69) is 46.7 Å². The number of nitrogens with one attached hydrogen (secondary N) is 1. The molecule has 0 saturated heterocycles. The van der Waals surface area contributed by atoms with Crippen molar-refractivity contribution < 1.29 is 0 Å². The molecule has 1 nitrogen and oxygen atoms in total. The largest absolute Gasteiger partial charge is 0.317 e. The molecule has 3 unspecified atom stereocenters. The van der Waals surface area contributed by atoms with E-state index in [0.717, 1.165) is 17.9 Å². The Morgan fingerprint density at radius 2 is 2.43 bits per heavy atom. The molecule has 0 spiro atoms. The topological polar surface area (TPSA) is 12.0 Å². The predicted octanol–water partition coefficient (Wildman–Crippen LogP) is 3.61. The van der Waals surface area contributed by atoms with Gasteiger partial charge >= 0.3 is 0 Å². The maximum Gasteiger partial charge on any atom is 0.0285 e. The molecule has 1 fully saturated rings. The van der Waals surface area contributed by atoms with Gasteiger partial charge in [-0.3, -0.25) is 0 Å². The van der Waals surface area contributed by atoms with Crippen LogP contribution in [0.2, 0.25) is 0 Å². The first-order valence-corrected chi connectivity index (χ1v) is 6.84. The monoisotopic (exact) mass is 273 g/mol. The van der Waals surface area contributed by atoms with Gasteiger partial charge in [0.25, 0.3) is 0 Å². The minimum atomic E-state index is 0.742. The van der Waals surface area contributed by atoms with Gasteiger partial charge in [-0.15, -0.1) is 11.3 Å². The fraction of sp³-hybridized carbons (Fsp3) is 0.636. The Balaban J connectivity index is 2.07. The van der Waals surface area contributed by atoms with E-state index in [1.165, 1.54) is 17.3 Å². The molecule has 3 heteroatoms. The molecule has 1 aromatic rings. The summed E-state index contributed by atoms with van der Waals surface area (Å²) < 4.78 is 1.24. The Hall–Kier alpha value is 0.140. The van der Waals surface area contributed by atoms with Gasteiger partial charge in [0.1, 0.15) is 0 Å². The second-order valence-corrected chi connectivity index (χ2v) is 5.84. The van der Waals surface area contributed by atoms with Crippen LogP contribution >= 0.6 is 27.3 Å². The quantitative estimate of drug-likeness (QED) is 0.887. The molecule has 2 rings (SSSR count). The Kier molecular flexibility index (Phi) is 3.30. The van der Waals surface area contributed by atoms with E-state index in [-0.39, 0.29) is 0 Å². The van der Waals surface area contributed by atoms with E-state index in [1.807, 2.05) is 11.3 Å². The van der Waals surface area contributed by atoms with Gasteiger partial charge in [-0.05, 0) is 47.3 Å². The van der Waals surface area contributed by atoms with Gasteiger partial charge in [0.2, 0.25) is 0 Å². The zero-order valence-electron chi connectivity index (χ0n) is 8.59. The lowest BCUT2D eigenvalue weighted by Gasteiger charge is -2.44. The summed E-state index contributed by atoms with van der Waals surface area (Å²) in [5.41, 5.74) is 0. The molecule has 1 saturated carbocycles. The fourth-order valence-electron chi connectivity index (χ4n) is 2.46. The van der Waals surface area contributed by atoms with Gasteiger partial charge in [-0.2, -0.15) is 0 Å². The zero-order chi connectivity index (χ0) is 10.1. The summed E-state index contributed by atoms with van der Waals surface area (Å²) >= 11 is 5.41. The van der Waals surface area contributed by atoms with Crippen molar-refractivity contribution in [3.63, 3.8) is 0 Å². The summed E-state index contributed by atoms with van der Waals surface area (Å²) in [6.07, 6.45) is 2.59. The van der Waals surface area contributed by atoms with Gasteiger partial charge in [-0.25, -0.2) is 0 Å². The van der Waals surface area contributed by atoms with Crippen LogP contribution in [0.5, 0.6) is 0 Å². The molecular formula is C11H16BrNS. The van der Waals surface area contributed by atoms with Crippen LogP contribution in [0.1, 0.15) is 30.6 Å². The lowest BCUT2D eigenvalue weighted by Crippen LogP contribution is -2.47. The first kappa shape index (κ1) is 10.7. The lowest BCUT2D eigenvalue weighted by molar-refractivity contribution is 0.172. The molecule has 1 aliphatic carbocycles. The van der Waals surface area contributed by atoms with Crippen molar-refractivity contribution in [3.05, 3.63) is 20.8 Å². The van der Waals surface area contributed by atoms with Crippen molar-refractivity contribution in [3.8, 4) is 0 Å². The van der Waals surface area contributed by atoms with Gasteiger partial charge < -0.3 is 5.32 Å². The molecule has 1 aromatic heterocycles. The van der Waals surface area contributed by atoms with Crippen LogP contribution in [0.15, 0.2) is 15.9 Å². The molecule has 3 atom stereocenters. The molecule has 0 aliphatic heterocycles. The number of rotatable bonds is 3. The van der Waals surface area contributed by atoms with Crippen LogP contribution in [0.4, 0.5) is 0 Å². The van der Waals surface area contributed by atoms with E-state index in [1.54, 1.807) is 4.88 Å². The molecule has 0 aromatic carbocycles. The van der Waals surface area contributed by atoms with Gasteiger partial charge in [0.15, 0.2) is 0 Å². The first-order valence-electron chi connectivity index (χ1n) is 5.17. The summed E-state index contributed by atoms with van der Waals surface area (Å²) in [5, 5.41) is 5.59. The average Bonchev–Trinajstić information content (AvgIpc) is 2.52. The Morgan fingerprint density at radius 1 is 1.64 bits per heavy atom. The predicted molar refractivity (Wildman–Crippen MR) is 66.0 cm³/mol. The third-order valence-corrected chi connectivity index (χ3v) is 5.16. The van der Waals surface area contributed by atoms with Gasteiger partial charge in [0.05, 0.1) is 0 Å². The fourth-order valence-corrected chi connectivity index (χ4v) is 4.09. The molecule has 1 heterocycles. The number of thiophene rings is 1. The first-order chi connectivity index (χ1) is 6.76. The molecule has 0 bridgehead atoms. The molecule has 14 heavy (non-hydrogen) atoms. The van der Waals surface area contributed by atoms with Crippen molar-refractivity contribution in [2.75, 3.05) is 7.05 Å². The zero-order valence-corrected chi connectivity index (χ0v) is 11.0. The third kappa shape index (κ3) is 1.77. The van der Waals surface area contributed by atoms with E-state index in [0.29, 0.717) is 0 Å². The average molecular weight is 274 g/mol. The highest BCUT2D eigenvalue weighted by Crippen LogP contribution is 2.46. The van der Waals surface area contributed by atoms with Crippen molar-refractivity contribution in [2.24, 2.45) is 5.92 Å². The van der Waals surface area contributed by atoms with Crippen LogP contribution in [0, 0.1) is 5.92 Å².